The van der Waals surface area contributed by atoms with Crippen LogP contribution in [-0.2, 0) is 22.7 Å². The maximum atomic E-state index is 12.2. The Morgan fingerprint density at radius 2 is 1.90 bits per heavy atom. The first-order valence-corrected chi connectivity index (χ1v) is 7.53. The molecule has 0 saturated heterocycles. The minimum Gasteiger partial charge on any atom is -0.480 e. The fourth-order valence-corrected chi connectivity index (χ4v) is 2.68. The van der Waals surface area contributed by atoms with Gasteiger partial charge in [-0.1, -0.05) is 37.3 Å². The van der Waals surface area contributed by atoms with Crippen molar-refractivity contribution in [2.24, 2.45) is 5.92 Å². The summed E-state index contributed by atoms with van der Waals surface area (Å²) in [5.41, 5.74) is 0.579. The lowest BCUT2D eigenvalue weighted by atomic mass is 9.90. The van der Waals surface area contributed by atoms with Crippen LogP contribution in [0.15, 0.2) is 6.20 Å². The Morgan fingerprint density at radius 3 is 2.57 bits per heavy atom. The number of hydrogen-bond donors (Lipinski definition) is 2. The summed E-state index contributed by atoms with van der Waals surface area (Å²) in [5.74, 6) is -0.797. The third kappa shape index (κ3) is 5.17. The average molecular weight is 294 g/mol. The second-order valence-corrected chi connectivity index (χ2v) is 5.56. The number of amides is 1. The van der Waals surface area contributed by atoms with Crippen molar-refractivity contribution < 1.29 is 14.7 Å². The summed E-state index contributed by atoms with van der Waals surface area (Å²) >= 11 is 0. The molecule has 0 spiro atoms. The van der Waals surface area contributed by atoms with Crippen molar-refractivity contribution in [1.82, 2.24) is 20.3 Å². The first-order valence-electron chi connectivity index (χ1n) is 7.53. The van der Waals surface area contributed by atoms with Gasteiger partial charge in [-0.3, -0.25) is 9.59 Å². The van der Waals surface area contributed by atoms with Crippen LogP contribution in [0.4, 0.5) is 0 Å². The van der Waals surface area contributed by atoms with Gasteiger partial charge in [-0.25, -0.2) is 4.68 Å². The zero-order chi connectivity index (χ0) is 15.1. The zero-order valence-corrected chi connectivity index (χ0v) is 12.1. The minimum atomic E-state index is -0.968. The molecule has 0 bridgehead atoms. The Balaban J connectivity index is 1.79. The smallest absolute Gasteiger partial charge is 0.325 e. The van der Waals surface area contributed by atoms with E-state index in [9.17, 15) is 9.59 Å². The highest BCUT2D eigenvalue weighted by Gasteiger charge is 2.19. The van der Waals surface area contributed by atoms with Crippen molar-refractivity contribution >= 4 is 11.9 Å². The van der Waals surface area contributed by atoms with Gasteiger partial charge in [0.25, 0.3) is 0 Å². The molecule has 1 fully saturated rings. The van der Waals surface area contributed by atoms with Crippen LogP contribution in [0.2, 0.25) is 0 Å². The van der Waals surface area contributed by atoms with E-state index in [1.54, 1.807) is 6.20 Å². The monoisotopic (exact) mass is 294 g/mol. The normalized spacial score (nSPS) is 17.0. The van der Waals surface area contributed by atoms with Crippen LogP contribution in [0.25, 0.3) is 0 Å². The van der Waals surface area contributed by atoms with Gasteiger partial charge >= 0.3 is 5.97 Å². The molecular weight excluding hydrogens is 272 g/mol. The second-order valence-electron chi connectivity index (χ2n) is 5.56. The largest absolute Gasteiger partial charge is 0.480 e. The molecular formula is C14H22N4O3. The Morgan fingerprint density at radius 1 is 1.24 bits per heavy atom. The maximum Gasteiger partial charge on any atom is 0.325 e. The molecule has 1 aliphatic rings. The van der Waals surface area contributed by atoms with Crippen molar-refractivity contribution in [1.29, 1.82) is 0 Å². The summed E-state index contributed by atoms with van der Waals surface area (Å²) < 4.78 is 1.25. The van der Waals surface area contributed by atoms with Crippen LogP contribution in [0.5, 0.6) is 0 Å². The van der Waals surface area contributed by atoms with Crippen molar-refractivity contribution in [2.45, 2.75) is 58.0 Å². The highest BCUT2D eigenvalue weighted by molar-refractivity contribution is 5.78. The van der Waals surface area contributed by atoms with Gasteiger partial charge in [-0.2, -0.15) is 0 Å². The van der Waals surface area contributed by atoms with Gasteiger partial charge in [0.15, 0.2) is 0 Å². The van der Waals surface area contributed by atoms with E-state index in [2.05, 4.69) is 15.6 Å². The fraction of sp³-hybridized carbons (Fsp3) is 0.714. The lowest BCUT2D eigenvalue weighted by Gasteiger charge is -2.18. The number of carboxylic acids is 1. The first-order chi connectivity index (χ1) is 10.1. The summed E-state index contributed by atoms with van der Waals surface area (Å²) in [6.45, 7) is 0.0819. The van der Waals surface area contributed by atoms with Gasteiger partial charge in [-0.15, -0.1) is 5.10 Å². The molecule has 0 aromatic carbocycles. The lowest BCUT2D eigenvalue weighted by molar-refractivity contribution is -0.138. The third-order valence-corrected chi connectivity index (χ3v) is 3.80. The molecule has 2 rings (SSSR count). The number of carbonyl (C=O) groups excluding carboxylic acids is 1. The van der Waals surface area contributed by atoms with Crippen LogP contribution in [-0.4, -0.2) is 32.0 Å². The average Bonchev–Trinajstić information content (AvgIpc) is 2.82. The number of carboxylic acid groups (broad SMARTS) is 1. The summed E-state index contributed by atoms with van der Waals surface area (Å²) in [7, 11) is 0. The molecule has 1 amide bonds. The molecule has 1 aliphatic carbocycles. The second kappa shape index (κ2) is 7.75. The Labute approximate surface area is 123 Å². The van der Waals surface area contributed by atoms with Crippen LogP contribution in [0.1, 0.15) is 50.6 Å². The number of hydrogen-bond acceptors (Lipinski definition) is 4. The van der Waals surface area contributed by atoms with Gasteiger partial charge in [-0.05, 0) is 12.8 Å². The fourth-order valence-electron chi connectivity index (χ4n) is 2.68. The zero-order valence-electron chi connectivity index (χ0n) is 12.1. The Kier molecular flexibility index (Phi) is 5.71. The predicted octanol–water partition coefficient (Wildman–Crippen LogP) is 1.34. The molecule has 7 heteroatoms. The van der Waals surface area contributed by atoms with E-state index in [1.807, 2.05) is 0 Å². The van der Waals surface area contributed by atoms with E-state index in [4.69, 9.17) is 5.11 Å². The molecule has 1 aromatic rings. The number of aliphatic carboxylic acids is 1. The van der Waals surface area contributed by atoms with E-state index in [0.29, 0.717) is 12.2 Å². The number of nitrogens with one attached hydrogen (secondary N) is 1. The van der Waals surface area contributed by atoms with Crippen LogP contribution in [0.3, 0.4) is 0 Å². The third-order valence-electron chi connectivity index (χ3n) is 3.80. The van der Waals surface area contributed by atoms with Crippen molar-refractivity contribution in [2.75, 3.05) is 0 Å². The molecule has 1 heterocycles. The van der Waals surface area contributed by atoms with E-state index in [-0.39, 0.29) is 18.4 Å². The quantitative estimate of drug-likeness (QED) is 0.854. The molecule has 1 saturated carbocycles. The molecule has 1 aromatic heterocycles. The van der Waals surface area contributed by atoms with Gasteiger partial charge in [0.1, 0.15) is 12.2 Å². The van der Waals surface area contributed by atoms with E-state index >= 15 is 0 Å². The topological polar surface area (TPSA) is 97.1 Å². The standard InChI is InChI=1S/C14H22N4O3/c19-13(20)10-18-9-12(16-17-18)8-15-14(21)11-6-4-2-1-3-5-7-11/h9,11H,1-8,10H2,(H,15,21)(H,19,20). The summed E-state index contributed by atoms with van der Waals surface area (Å²) in [6, 6.07) is 0. The minimum absolute atomic E-state index is 0.0738. The molecule has 2 N–H and O–H groups in total. The number of aromatic nitrogens is 3. The van der Waals surface area contributed by atoms with Crippen LogP contribution in [0, 0.1) is 5.92 Å². The van der Waals surface area contributed by atoms with E-state index in [1.165, 1.54) is 23.9 Å². The van der Waals surface area contributed by atoms with Crippen molar-refractivity contribution in [3.8, 4) is 0 Å². The van der Waals surface area contributed by atoms with Gasteiger partial charge in [0.05, 0.1) is 12.7 Å². The van der Waals surface area contributed by atoms with Crippen LogP contribution >= 0.6 is 0 Å². The molecule has 7 nitrogen and oxygen atoms in total. The van der Waals surface area contributed by atoms with E-state index in [0.717, 1.165) is 25.7 Å². The van der Waals surface area contributed by atoms with Gasteiger partial charge in [0, 0.05) is 5.92 Å². The molecule has 0 atom stereocenters. The van der Waals surface area contributed by atoms with E-state index < -0.39 is 5.97 Å². The summed E-state index contributed by atoms with van der Waals surface area (Å²) in [6.07, 6.45) is 9.41. The molecule has 116 valence electrons. The highest BCUT2D eigenvalue weighted by Crippen LogP contribution is 2.22. The summed E-state index contributed by atoms with van der Waals surface area (Å²) in [5, 5.41) is 19.1. The van der Waals surface area contributed by atoms with Gasteiger partial charge < -0.3 is 10.4 Å². The lowest BCUT2D eigenvalue weighted by Crippen LogP contribution is -2.30. The van der Waals surface area contributed by atoms with Crippen molar-refractivity contribution in [3.05, 3.63) is 11.9 Å². The number of carbonyl (C=O) groups is 2. The number of rotatable bonds is 5. The number of nitrogens with zero attached hydrogens (tertiary/aromatic N) is 3. The van der Waals surface area contributed by atoms with Gasteiger partial charge in [0.2, 0.25) is 5.91 Å². The first kappa shape index (κ1) is 15.5. The molecule has 0 radical (unpaired) electrons. The SMILES string of the molecule is O=C(O)Cn1cc(CNC(=O)C2CCCCCCC2)nn1. The molecule has 0 unspecified atom stereocenters. The van der Waals surface area contributed by atoms with Crippen LogP contribution < -0.4 is 5.32 Å². The molecule has 21 heavy (non-hydrogen) atoms. The summed E-state index contributed by atoms with van der Waals surface area (Å²) in [4.78, 5) is 22.7. The maximum absolute atomic E-state index is 12.2. The Bertz CT molecular complexity index is 478. The predicted molar refractivity (Wildman–Crippen MR) is 75.3 cm³/mol. The Hall–Kier alpha value is -1.92. The van der Waals surface area contributed by atoms with Crippen molar-refractivity contribution in [3.63, 3.8) is 0 Å². The highest BCUT2D eigenvalue weighted by atomic mass is 16.4. The molecule has 0 aliphatic heterocycles.